The van der Waals surface area contributed by atoms with Gasteiger partial charge in [-0.25, -0.2) is 17.9 Å². The van der Waals surface area contributed by atoms with Crippen molar-refractivity contribution in [2.45, 2.75) is 11.8 Å². The lowest BCUT2D eigenvalue weighted by atomic mass is 10.2. The fraction of sp³-hybridized carbons (Fsp3) is 0.133. The second-order valence-electron chi connectivity index (χ2n) is 5.18. The number of nitrogens with one attached hydrogen (secondary N) is 2. The topological polar surface area (TPSA) is 153 Å². The maximum absolute atomic E-state index is 12.4. The summed E-state index contributed by atoms with van der Waals surface area (Å²) >= 11 is 0. The van der Waals surface area contributed by atoms with E-state index < -0.39 is 26.4 Å². The standard InChI is InChI=1S/C15H13N5O6S/c1-8-16-13(19-15(17-8)25-2)18-14(22)20-27(23,24)11-7-26-10-6-4-3-5-9(10)12(11)21/h3-7H,1-2H3,(H2,16,17,18,19,20,22). The summed E-state index contributed by atoms with van der Waals surface area (Å²) in [6.45, 7) is 1.53. The van der Waals surface area contributed by atoms with Crippen LogP contribution in [0.5, 0.6) is 6.01 Å². The van der Waals surface area contributed by atoms with Gasteiger partial charge in [0.1, 0.15) is 17.7 Å². The van der Waals surface area contributed by atoms with Crippen molar-refractivity contribution >= 4 is 33.0 Å². The highest BCUT2D eigenvalue weighted by Gasteiger charge is 2.24. The van der Waals surface area contributed by atoms with Crippen LogP contribution in [0.3, 0.4) is 0 Å². The number of amides is 2. The number of ether oxygens (including phenoxy) is 1. The van der Waals surface area contributed by atoms with Crippen LogP contribution in [0.25, 0.3) is 11.0 Å². The molecule has 0 fully saturated rings. The molecule has 0 aliphatic rings. The molecule has 0 bridgehead atoms. The average Bonchev–Trinajstić information content (AvgIpc) is 2.60. The van der Waals surface area contributed by atoms with Crippen molar-refractivity contribution in [2.75, 3.05) is 12.4 Å². The lowest BCUT2D eigenvalue weighted by Crippen LogP contribution is -2.37. The van der Waals surface area contributed by atoms with Gasteiger partial charge in [-0.15, -0.1) is 0 Å². The minimum absolute atomic E-state index is 0.0594. The summed E-state index contributed by atoms with van der Waals surface area (Å²) in [6, 6.07) is 4.90. The van der Waals surface area contributed by atoms with E-state index in [-0.39, 0.29) is 28.8 Å². The van der Waals surface area contributed by atoms with Crippen LogP contribution >= 0.6 is 0 Å². The molecule has 0 radical (unpaired) electrons. The van der Waals surface area contributed by atoms with Crippen LogP contribution in [-0.4, -0.2) is 36.5 Å². The second-order valence-corrected chi connectivity index (χ2v) is 6.83. The summed E-state index contributed by atoms with van der Waals surface area (Å²) in [4.78, 5) is 35.1. The van der Waals surface area contributed by atoms with Crippen LogP contribution < -0.4 is 20.2 Å². The maximum Gasteiger partial charge on any atom is 0.335 e. The number of carbonyl (C=O) groups excluding carboxylic acids is 1. The first kappa shape index (κ1) is 18.3. The maximum atomic E-state index is 12.4. The number of rotatable bonds is 4. The Labute approximate surface area is 152 Å². The highest BCUT2D eigenvalue weighted by Crippen LogP contribution is 2.13. The summed E-state index contributed by atoms with van der Waals surface area (Å²) in [6.07, 6.45) is 0.774. The smallest absolute Gasteiger partial charge is 0.335 e. The van der Waals surface area contributed by atoms with E-state index in [0.717, 1.165) is 6.26 Å². The van der Waals surface area contributed by atoms with Crippen molar-refractivity contribution in [3.05, 3.63) is 46.6 Å². The van der Waals surface area contributed by atoms with Gasteiger partial charge < -0.3 is 9.15 Å². The van der Waals surface area contributed by atoms with E-state index in [1.165, 1.54) is 26.2 Å². The molecule has 2 heterocycles. The number of fused-ring (bicyclic) bond motifs is 1. The van der Waals surface area contributed by atoms with Crippen molar-refractivity contribution in [1.29, 1.82) is 0 Å². The molecule has 12 heteroatoms. The molecule has 140 valence electrons. The molecule has 2 aromatic heterocycles. The summed E-state index contributed by atoms with van der Waals surface area (Å²) in [5.74, 6) is 0.0211. The lowest BCUT2D eigenvalue weighted by molar-refractivity contribution is 0.256. The van der Waals surface area contributed by atoms with E-state index in [2.05, 4.69) is 20.3 Å². The molecule has 0 spiro atoms. The Balaban J connectivity index is 1.86. The van der Waals surface area contributed by atoms with E-state index in [4.69, 9.17) is 9.15 Å². The number of para-hydroxylation sites is 1. The number of carbonyl (C=O) groups is 1. The first-order valence-corrected chi connectivity index (χ1v) is 8.89. The number of hydrogen-bond acceptors (Lipinski definition) is 9. The van der Waals surface area contributed by atoms with E-state index in [1.54, 1.807) is 16.9 Å². The van der Waals surface area contributed by atoms with Crippen LogP contribution in [0.4, 0.5) is 10.7 Å². The van der Waals surface area contributed by atoms with Gasteiger partial charge in [0.15, 0.2) is 4.90 Å². The molecule has 0 aliphatic carbocycles. The number of benzene rings is 1. The Morgan fingerprint density at radius 2 is 1.93 bits per heavy atom. The molecule has 0 aliphatic heterocycles. The fourth-order valence-electron chi connectivity index (χ4n) is 2.15. The van der Waals surface area contributed by atoms with Gasteiger partial charge in [0.25, 0.3) is 10.0 Å². The molecule has 0 atom stereocenters. The Bertz CT molecular complexity index is 1190. The van der Waals surface area contributed by atoms with Crippen molar-refractivity contribution in [2.24, 2.45) is 0 Å². The van der Waals surface area contributed by atoms with E-state index >= 15 is 0 Å². The third-order valence-corrected chi connectivity index (χ3v) is 4.61. The SMILES string of the molecule is COc1nc(C)nc(NC(=O)NS(=O)(=O)c2coc3ccccc3c2=O)n1. The summed E-state index contributed by atoms with van der Waals surface area (Å²) in [7, 11) is -3.18. The Morgan fingerprint density at radius 1 is 1.19 bits per heavy atom. The minimum atomic E-state index is -4.50. The molecule has 27 heavy (non-hydrogen) atoms. The molecule has 2 amide bonds. The molecule has 11 nitrogen and oxygen atoms in total. The van der Waals surface area contributed by atoms with Crippen LogP contribution in [0.1, 0.15) is 5.82 Å². The summed E-state index contributed by atoms with van der Waals surface area (Å²) in [5.41, 5.74) is -0.575. The zero-order chi connectivity index (χ0) is 19.6. The molecule has 0 unspecified atom stereocenters. The molecular weight excluding hydrogens is 378 g/mol. The number of methoxy groups -OCH3 is 1. The molecular formula is C15H13N5O6S. The molecule has 3 rings (SSSR count). The highest BCUT2D eigenvalue weighted by molar-refractivity contribution is 7.90. The van der Waals surface area contributed by atoms with Crippen LogP contribution in [0, 0.1) is 6.92 Å². The molecule has 3 aromatic rings. The Morgan fingerprint density at radius 3 is 2.67 bits per heavy atom. The van der Waals surface area contributed by atoms with Crippen LogP contribution in [0.2, 0.25) is 0 Å². The highest BCUT2D eigenvalue weighted by atomic mass is 32.2. The minimum Gasteiger partial charge on any atom is -0.467 e. The van der Waals surface area contributed by atoms with Gasteiger partial charge in [-0.3, -0.25) is 10.1 Å². The number of aromatic nitrogens is 3. The fourth-order valence-corrected chi connectivity index (χ4v) is 3.09. The van der Waals surface area contributed by atoms with Gasteiger partial charge in [0.2, 0.25) is 11.4 Å². The molecule has 1 aromatic carbocycles. The van der Waals surface area contributed by atoms with Crippen molar-refractivity contribution < 1.29 is 22.4 Å². The predicted molar refractivity (Wildman–Crippen MR) is 92.9 cm³/mol. The molecule has 2 N–H and O–H groups in total. The molecule has 0 saturated carbocycles. The summed E-state index contributed by atoms with van der Waals surface area (Å²) < 4.78 is 36.5. The number of aryl methyl sites for hydroxylation is 1. The van der Waals surface area contributed by atoms with Gasteiger partial charge in [-0.2, -0.15) is 15.0 Å². The number of sulfonamides is 1. The van der Waals surface area contributed by atoms with Crippen molar-refractivity contribution in [1.82, 2.24) is 19.7 Å². The Hall–Kier alpha value is -3.54. The van der Waals surface area contributed by atoms with Gasteiger partial charge >= 0.3 is 12.0 Å². The first-order chi connectivity index (χ1) is 12.8. The van der Waals surface area contributed by atoms with Crippen LogP contribution in [-0.2, 0) is 10.0 Å². The first-order valence-electron chi connectivity index (χ1n) is 7.41. The quantitative estimate of drug-likeness (QED) is 0.657. The number of urea groups is 1. The predicted octanol–water partition coefficient (Wildman–Crippen LogP) is 0.805. The number of hydrogen-bond donors (Lipinski definition) is 2. The number of nitrogens with zero attached hydrogens (tertiary/aromatic N) is 3. The lowest BCUT2D eigenvalue weighted by Gasteiger charge is -2.08. The number of anilines is 1. The van der Waals surface area contributed by atoms with Crippen molar-refractivity contribution in [3.8, 4) is 6.01 Å². The van der Waals surface area contributed by atoms with E-state index in [9.17, 15) is 18.0 Å². The summed E-state index contributed by atoms with van der Waals surface area (Å²) in [5, 5.41) is 2.20. The van der Waals surface area contributed by atoms with Crippen molar-refractivity contribution in [3.63, 3.8) is 0 Å². The average molecular weight is 391 g/mol. The van der Waals surface area contributed by atoms with Gasteiger partial charge in [0, 0.05) is 0 Å². The molecule has 0 saturated heterocycles. The third-order valence-electron chi connectivity index (χ3n) is 3.30. The zero-order valence-electron chi connectivity index (χ0n) is 14.1. The largest absolute Gasteiger partial charge is 0.467 e. The van der Waals surface area contributed by atoms with Gasteiger partial charge in [-0.05, 0) is 19.1 Å². The van der Waals surface area contributed by atoms with Gasteiger partial charge in [0.05, 0.1) is 12.5 Å². The second kappa shape index (κ2) is 6.99. The monoisotopic (exact) mass is 391 g/mol. The van der Waals surface area contributed by atoms with E-state index in [0.29, 0.717) is 0 Å². The Kier molecular flexibility index (Phi) is 4.73. The van der Waals surface area contributed by atoms with Gasteiger partial charge in [-0.1, -0.05) is 12.1 Å². The third kappa shape index (κ3) is 3.84. The zero-order valence-corrected chi connectivity index (χ0v) is 14.9. The van der Waals surface area contributed by atoms with E-state index in [1.807, 2.05) is 0 Å². The normalized spacial score (nSPS) is 11.2. The van der Waals surface area contributed by atoms with Crippen LogP contribution in [0.15, 0.2) is 44.6 Å².